The van der Waals surface area contributed by atoms with Gasteiger partial charge in [0.15, 0.2) is 11.5 Å². The normalized spacial score (nSPS) is 10.2. The maximum absolute atomic E-state index is 13.3. The van der Waals surface area contributed by atoms with Gasteiger partial charge in [-0.15, -0.1) is 0 Å². The highest BCUT2D eigenvalue weighted by atomic mass is 16.5. The number of nitrogens with zero attached hydrogens (tertiary/aromatic N) is 2. The summed E-state index contributed by atoms with van der Waals surface area (Å²) in [6.45, 7) is 0. The molecule has 0 saturated carbocycles. The summed E-state index contributed by atoms with van der Waals surface area (Å²) >= 11 is 0. The molecule has 4 aromatic rings. The van der Waals surface area contributed by atoms with Crippen molar-refractivity contribution in [2.75, 3.05) is 40.9 Å². The summed E-state index contributed by atoms with van der Waals surface area (Å²) in [5.41, 5.74) is 3.17. The van der Waals surface area contributed by atoms with Gasteiger partial charge in [-0.05, 0) is 66.6 Å². The molecule has 0 spiro atoms. The molecule has 39 heavy (non-hydrogen) atoms. The van der Waals surface area contributed by atoms with Crippen LogP contribution in [0.15, 0.2) is 60.7 Å². The Morgan fingerprint density at radius 3 is 1.85 bits per heavy atom. The van der Waals surface area contributed by atoms with E-state index in [0.29, 0.717) is 40.1 Å². The van der Waals surface area contributed by atoms with Gasteiger partial charge in [0.2, 0.25) is 11.7 Å². The number of rotatable bonds is 8. The van der Waals surface area contributed by atoms with Gasteiger partial charge in [0, 0.05) is 23.7 Å². The molecule has 1 N–H and O–H groups in total. The molecule has 3 aromatic carbocycles. The molecule has 0 aliphatic carbocycles. The van der Waals surface area contributed by atoms with Gasteiger partial charge in [0.05, 0.1) is 35.5 Å². The van der Waals surface area contributed by atoms with Gasteiger partial charge in [-0.3, -0.25) is 10.1 Å². The topological polar surface area (TPSA) is 93.1 Å². The highest BCUT2D eigenvalue weighted by Crippen LogP contribution is 2.38. The summed E-state index contributed by atoms with van der Waals surface area (Å²) in [5.74, 6) is 8.90. The number of nitrogens with one attached hydrogen (secondary N) is 1. The molecule has 1 amide bonds. The number of carbonyl (C=O) groups is 1. The zero-order valence-corrected chi connectivity index (χ0v) is 22.6. The Morgan fingerprint density at radius 1 is 0.769 bits per heavy atom. The van der Waals surface area contributed by atoms with Crippen molar-refractivity contribution in [1.82, 2.24) is 9.55 Å². The number of imidazole rings is 1. The van der Waals surface area contributed by atoms with E-state index in [4.69, 9.17) is 28.7 Å². The molecule has 0 fully saturated rings. The molecule has 200 valence electrons. The zero-order valence-electron chi connectivity index (χ0n) is 22.6. The van der Waals surface area contributed by atoms with E-state index in [1.54, 1.807) is 38.0 Å². The molecule has 0 aliphatic heterocycles. The van der Waals surface area contributed by atoms with Gasteiger partial charge in [-0.2, -0.15) is 0 Å². The molecular weight excluding hydrogens is 498 g/mol. The molecule has 0 saturated heterocycles. The SMILES string of the molecule is COc1ccc(C#Cc2c(-c3ccc(OC)cc3)nc(NC(=O)c3cc(OC)c(OC)c(OC)c3)n2C)cc1. The average molecular weight is 528 g/mol. The minimum Gasteiger partial charge on any atom is -0.497 e. The molecule has 4 rings (SSSR count). The van der Waals surface area contributed by atoms with Crippen LogP contribution in [0.1, 0.15) is 21.6 Å². The number of carbonyl (C=O) groups excluding carboxylic acids is 1. The minimum atomic E-state index is -0.404. The monoisotopic (exact) mass is 527 g/mol. The van der Waals surface area contributed by atoms with E-state index >= 15 is 0 Å². The Labute approximate surface area is 227 Å². The van der Waals surface area contributed by atoms with Crippen LogP contribution in [0.2, 0.25) is 0 Å². The van der Waals surface area contributed by atoms with Crippen LogP contribution in [-0.4, -0.2) is 51.0 Å². The van der Waals surface area contributed by atoms with Crippen molar-refractivity contribution in [3.8, 4) is 51.8 Å². The van der Waals surface area contributed by atoms with Crippen molar-refractivity contribution >= 4 is 11.9 Å². The lowest BCUT2D eigenvalue weighted by Crippen LogP contribution is -2.16. The zero-order chi connectivity index (χ0) is 27.9. The van der Waals surface area contributed by atoms with Crippen LogP contribution in [-0.2, 0) is 7.05 Å². The summed E-state index contributed by atoms with van der Waals surface area (Å²) in [6, 6.07) is 18.1. The van der Waals surface area contributed by atoms with Gasteiger partial charge in [0.1, 0.15) is 22.9 Å². The number of amides is 1. The second-order valence-corrected chi connectivity index (χ2v) is 8.27. The largest absolute Gasteiger partial charge is 0.497 e. The number of hydrogen-bond donors (Lipinski definition) is 1. The summed E-state index contributed by atoms with van der Waals surface area (Å²) < 4.78 is 28.4. The van der Waals surface area contributed by atoms with Crippen LogP contribution in [0.5, 0.6) is 28.7 Å². The number of benzene rings is 3. The van der Waals surface area contributed by atoms with Crippen molar-refractivity contribution < 1.29 is 28.5 Å². The van der Waals surface area contributed by atoms with Crippen LogP contribution >= 0.6 is 0 Å². The quantitative estimate of drug-likeness (QED) is 0.330. The van der Waals surface area contributed by atoms with E-state index in [9.17, 15) is 4.79 Å². The van der Waals surface area contributed by atoms with Crippen LogP contribution in [0.4, 0.5) is 5.95 Å². The molecule has 0 aliphatic rings. The van der Waals surface area contributed by atoms with Crippen molar-refractivity contribution in [2.24, 2.45) is 7.05 Å². The van der Waals surface area contributed by atoms with Crippen LogP contribution in [0.3, 0.4) is 0 Å². The van der Waals surface area contributed by atoms with Crippen LogP contribution in [0.25, 0.3) is 11.3 Å². The lowest BCUT2D eigenvalue weighted by molar-refractivity contribution is 0.102. The second-order valence-electron chi connectivity index (χ2n) is 8.27. The maximum atomic E-state index is 13.3. The average Bonchev–Trinajstić information content (AvgIpc) is 3.29. The Balaban J connectivity index is 1.75. The van der Waals surface area contributed by atoms with Crippen LogP contribution < -0.4 is 29.0 Å². The Bertz CT molecular complexity index is 1510. The van der Waals surface area contributed by atoms with E-state index in [1.165, 1.54) is 21.3 Å². The van der Waals surface area contributed by atoms with E-state index in [-0.39, 0.29) is 0 Å². The highest BCUT2D eigenvalue weighted by molar-refractivity contribution is 6.04. The standard InChI is InChI=1S/C30H29N3O6/c1-33-24(16-9-19-7-12-22(35-2)13-8-19)27(20-10-14-23(36-3)15-11-20)31-30(33)32-29(34)21-17-25(37-4)28(39-6)26(18-21)38-5/h7-8,10-15,17-18H,1-6H3,(H,31,32,34). The predicted molar refractivity (Wildman–Crippen MR) is 148 cm³/mol. The molecule has 9 heteroatoms. The first kappa shape index (κ1) is 26.9. The fraction of sp³-hybridized carbons (Fsp3) is 0.200. The molecule has 0 radical (unpaired) electrons. The summed E-state index contributed by atoms with van der Waals surface area (Å²) in [5, 5.41) is 2.88. The summed E-state index contributed by atoms with van der Waals surface area (Å²) in [4.78, 5) is 18.0. The summed E-state index contributed by atoms with van der Waals surface area (Å²) in [7, 11) is 9.51. The maximum Gasteiger partial charge on any atom is 0.258 e. The lowest BCUT2D eigenvalue weighted by Gasteiger charge is -2.14. The van der Waals surface area contributed by atoms with E-state index in [2.05, 4.69) is 17.2 Å². The first-order valence-corrected chi connectivity index (χ1v) is 11.9. The molecule has 9 nitrogen and oxygen atoms in total. The van der Waals surface area contributed by atoms with Crippen molar-refractivity contribution in [2.45, 2.75) is 0 Å². The Morgan fingerprint density at radius 2 is 1.33 bits per heavy atom. The fourth-order valence-electron chi connectivity index (χ4n) is 3.90. The van der Waals surface area contributed by atoms with Crippen molar-refractivity contribution in [3.63, 3.8) is 0 Å². The van der Waals surface area contributed by atoms with Crippen molar-refractivity contribution in [1.29, 1.82) is 0 Å². The van der Waals surface area contributed by atoms with Gasteiger partial charge < -0.3 is 28.3 Å². The first-order chi connectivity index (χ1) is 18.9. The number of anilines is 1. The fourth-order valence-corrected chi connectivity index (χ4v) is 3.90. The number of methoxy groups -OCH3 is 5. The molecule has 1 aromatic heterocycles. The third-order valence-corrected chi connectivity index (χ3v) is 6.03. The van der Waals surface area contributed by atoms with Crippen molar-refractivity contribution in [3.05, 3.63) is 77.5 Å². The minimum absolute atomic E-state index is 0.310. The first-order valence-electron chi connectivity index (χ1n) is 11.9. The molecular formula is C30H29N3O6. The Kier molecular flexibility index (Phi) is 8.27. The van der Waals surface area contributed by atoms with E-state index in [0.717, 1.165) is 22.6 Å². The number of aromatic nitrogens is 2. The van der Waals surface area contributed by atoms with Gasteiger partial charge in [-0.25, -0.2) is 4.98 Å². The van der Waals surface area contributed by atoms with Crippen LogP contribution in [0, 0.1) is 11.8 Å². The number of ether oxygens (including phenoxy) is 5. The molecule has 0 atom stereocenters. The van der Waals surface area contributed by atoms with E-state index < -0.39 is 5.91 Å². The third-order valence-electron chi connectivity index (χ3n) is 6.03. The molecule has 0 unspecified atom stereocenters. The second kappa shape index (κ2) is 12.0. The lowest BCUT2D eigenvalue weighted by atomic mass is 10.1. The summed E-state index contributed by atoms with van der Waals surface area (Å²) in [6.07, 6.45) is 0. The molecule has 1 heterocycles. The molecule has 0 bridgehead atoms. The highest BCUT2D eigenvalue weighted by Gasteiger charge is 2.21. The van der Waals surface area contributed by atoms with Gasteiger partial charge >= 0.3 is 0 Å². The third kappa shape index (κ3) is 5.75. The smallest absolute Gasteiger partial charge is 0.258 e. The van der Waals surface area contributed by atoms with Gasteiger partial charge in [0.25, 0.3) is 5.91 Å². The van der Waals surface area contributed by atoms with E-state index in [1.807, 2.05) is 48.5 Å². The Hall–Kier alpha value is -5.10. The number of hydrogen-bond acceptors (Lipinski definition) is 7. The van der Waals surface area contributed by atoms with Gasteiger partial charge in [-0.1, -0.05) is 5.92 Å². The predicted octanol–water partition coefficient (Wildman–Crippen LogP) is 4.78.